The molecule has 0 N–H and O–H groups in total. The van der Waals surface area contributed by atoms with E-state index in [4.69, 9.17) is 9.05 Å². The van der Waals surface area contributed by atoms with Gasteiger partial charge in [-0.1, -0.05) is 0 Å². The Balaban J connectivity index is 2.84. The lowest BCUT2D eigenvalue weighted by Crippen LogP contribution is -2.30. The summed E-state index contributed by atoms with van der Waals surface area (Å²) in [6.45, 7) is 12.4. The van der Waals surface area contributed by atoms with Crippen LogP contribution in [-0.2, 0) is 13.8 Å². The van der Waals surface area contributed by atoms with E-state index >= 15 is 0 Å². The van der Waals surface area contributed by atoms with E-state index in [1.807, 2.05) is 0 Å². The molecule has 7 heteroatoms. The lowest BCUT2D eigenvalue weighted by molar-refractivity contribution is -0.117. The van der Waals surface area contributed by atoms with E-state index in [1.165, 1.54) is 0 Å². The third-order valence-electron chi connectivity index (χ3n) is 2.20. The van der Waals surface area contributed by atoms with E-state index < -0.39 is 16.6 Å². The molecule has 1 aliphatic carbocycles. The van der Waals surface area contributed by atoms with Gasteiger partial charge in [0.15, 0.2) is 0 Å². The van der Waals surface area contributed by atoms with Gasteiger partial charge in [-0.2, -0.15) is 0 Å². The van der Waals surface area contributed by atoms with Crippen molar-refractivity contribution in [2.24, 2.45) is 10.3 Å². The first kappa shape index (κ1) is 16.1. The molecule has 19 heavy (non-hydrogen) atoms. The average Bonchev–Trinajstić information content (AvgIpc) is 2.22. The van der Waals surface area contributed by atoms with E-state index in [9.17, 15) is 4.79 Å². The molecule has 1 saturated carbocycles. The molecule has 1 aliphatic rings. The molecule has 0 radical (unpaired) electrons. The van der Waals surface area contributed by atoms with Crippen LogP contribution >= 0.6 is 0 Å². The minimum atomic E-state index is -1.74. The van der Waals surface area contributed by atoms with Crippen molar-refractivity contribution in [2.75, 3.05) is 0 Å². The van der Waals surface area contributed by atoms with Gasteiger partial charge in [-0.15, -0.1) is 10.3 Å². The van der Waals surface area contributed by atoms with Crippen LogP contribution in [0.2, 0.25) is 39.3 Å². The van der Waals surface area contributed by atoms with Crippen molar-refractivity contribution in [3.8, 4) is 0 Å². The number of hydrogen-bond acceptors (Lipinski definition) is 5. The molecule has 108 valence electrons. The SMILES string of the molecule is C[Si](C)(C)O/N=C1/CCC(=O)C/C1=N\O[Si](C)(C)C. The molecule has 1 rings (SSSR count). The second kappa shape index (κ2) is 6.00. The predicted molar refractivity (Wildman–Crippen MR) is 82.6 cm³/mol. The molecule has 0 bridgehead atoms. The molecule has 0 aliphatic heterocycles. The highest BCUT2D eigenvalue weighted by atomic mass is 28.4. The molecule has 0 atom stereocenters. The van der Waals surface area contributed by atoms with Gasteiger partial charge in [0.05, 0.1) is 6.42 Å². The van der Waals surface area contributed by atoms with Gasteiger partial charge in [-0.25, -0.2) is 0 Å². The molecule has 0 saturated heterocycles. The smallest absolute Gasteiger partial charge is 0.278 e. The Kier molecular flexibility index (Phi) is 5.08. The van der Waals surface area contributed by atoms with Crippen molar-refractivity contribution < 1.29 is 13.8 Å². The van der Waals surface area contributed by atoms with Gasteiger partial charge in [-0.3, -0.25) is 4.79 Å². The highest BCUT2D eigenvalue weighted by Gasteiger charge is 2.25. The Morgan fingerprint density at radius 3 is 1.79 bits per heavy atom. The molecule has 0 amide bonds. The summed E-state index contributed by atoms with van der Waals surface area (Å²) in [5.74, 6) is 0.185. The van der Waals surface area contributed by atoms with Crippen molar-refractivity contribution in [1.29, 1.82) is 0 Å². The summed E-state index contributed by atoms with van der Waals surface area (Å²) in [4.78, 5) is 11.5. The van der Waals surface area contributed by atoms with Crippen molar-refractivity contribution >= 4 is 33.8 Å². The molecule has 0 spiro atoms. The summed E-state index contributed by atoms with van der Waals surface area (Å²) in [5, 5.41) is 8.35. The number of carbonyl (C=O) groups is 1. The standard InChI is InChI=1S/C12H24N2O3Si2/c1-18(2,3)16-13-11-8-7-10(15)9-12(11)14-17-19(4,5)6/h7-9H2,1-6H3/b13-11-,14-12+. The summed E-state index contributed by atoms with van der Waals surface area (Å²) in [7, 11) is -3.45. The van der Waals surface area contributed by atoms with Gasteiger partial charge >= 0.3 is 0 Å². The van der Waals surface area contributed by atoms with E-state index in [0.29, 0.717) is 25.0 Å². The van der Waals surface area contributed by atoms with Gasteiger partial charge in [-0.05, 0) is 39.3 Å². The van der Waals surface area contributed by atoms with Gasteiger partial charge in [0.25, 0.3) is 16.6 Å². The van der Waals surface area contributed by atoms with Gasteiger partial charge in [0, 0.05) is 12.8 Å². The summed E-state index contributed by atoms with van der Waals surface area (Å²) < 4.78 is 11.1. The number of oxime groups is 2. The first-order chi connectivity index (χ1) is 8.57. The fraction of sp³-hybridized carbons (Fsp3) is 0.750. The van der Waals surface area contributed by atoms with Crippen LogP contribution in [0.3, 0.4) is 0 Å². The highest BCUT2D eigenvalue weighted by Crippen LogP contribution is 2.14. The van der Waals surface area contributed by atoms with Crippen molar-refractivity contribution in [2.45, 2.75) is 58.5 Å². The molecule has 0 aromatic carbocycles. The third kappa shape index (κ3) is 6.67. The summed E-state index contributed by atoms with van der Waals surface area (Å²) in [6, 6.07) is 0. The van der Waals surface area contributed by atoms with Crippen LogP contribution in [0.15, 0.2) is 10.3 Å². The van der Waals surface area contributed by atoms with E-state index in [-0.39, 0.29) is 5.78 Å². The zero-order valence-electron chi connectivity index (χ0n) is 12.7. The first-order valence-electron chi connectivity index (χ1n) is 6.59. The number of rotatable bonds is 4. The van der Waals surface area contributed by atoms with Crippen molar-refractivity contribution in [3.63, 3.8) is 0 Å². The molecule has 0 unspecified atom stereocenters. The number of carbonyl (C=O) groups excluding carboxylic acids is 1. The average molecular weight is 301 g/mol. The van der Waals surface area contributed by atoms with Crippen molar-refractivity contribution in [3.05, 3.63) is 0 Å². The van der Waals surface area contributed by atoms with E-state index in [0.717, 1.165) is 5.71 Å². The summed E-state index contributed by atoms with van der Waals surface area (Å²) in [5.41, 5.74) is 1.40. The van der Waals surface area contributed by atoms with Gasteiger partial charge < -0.3 is 9.05 Å². The normalized spacial score (nSPS) is 21.9. The first-order valence-corrected chi connectivity index (χ1v) is 13.4. The quantitative estimate of drug-likeness (QED) is 0.592. The molecule has 0 heterocycles. The molecule has 0 aromatic rings. The van der Waals surface area contributed by atoms with E-state index in [2.05, 4.69) is 49.6 Å². The monoisotopic (exact) mass is 300 g/mol. The fourth-order valence-corrected chi connectivity index (χ4v) is 2.11. The second-order valence-corrected chi connectivity index (χ2v) is 15.5. The molecule has 1 fully saturated rings. The highest BCUT2D eigenvalue weighted by molar-refractivity contribution is 6.70. The fourth-order valence-electron chi connectivity index (χ4n) is 1.35. The summed E-state index contributed by atoms with van der Waals surface area (Å²) in [6.07, 6.45) is 1.41. The largest absolute Gasteiger partial charge is 0.455 e. The zero-order chi connectivity index (χ0) is 14.7. The predicted octanol–water partition coefficient (Wildman–Crippen LogP) is 3.15. The number of hydrogen-bond donors (Lipinski definition) is 0. The van der Waals surface area contributed by atoms with Crippen LogP contribution in [0.25, 0.3) is 0 Å². The summed E-state index contributed by atoms with van der Waals surface area (Å²) >= 11 is 0. The lowest BCUT2D eigenvalue weighted by atomic mass is 9.95. The van der Waals surface area contributed by atoms with Crippen molar-refractivity contribution in [1.82, 2.24) is 0 Å². The van der Waals surface area contributed by atoms with Gasteiger partial charge in [0.1, 0.15) is 17.2 Å². The van der Waals surface area contributed by atoms with Crippen LogP contribution in [0, 0.1) is 0 Å². The Hall–Kier alpha value is -0.956. The third-order valence-corrected chi connectivity index (χ3v) is 3.48. The second-order valence-electron chi connectivity index (χ2n) is 6.70. The number of Topliss-reactive ketones (excluding diaryl/α,β-unsaturated/α-hetero) is 1. The van der Waals surface area contributed by atoms with Crippen LogP contribution in [0.1, 0.15) is 19.3 Å². The van der Waals surface area contributed by atoms with Gasteiger partial charge in [0.2, 0.25) is 0 Å². The Labute approximate surface area is 117 Å². The molecular weight excluding hydrogens is 276 g/mol. The van der Waals surface area contributed by atoms with Crippen LogP contribution in [-0.4, -0.2) is 33.8 Å². The van der Waals surface area contributed by atoms with E-state index in [1.54, 1.807) is 0 Å². The maximum absolute atomic E-state index is 11.5. The van der Waals surface area contributed by atoms with Crippen LogP contribution < -0.4 is 0 Å². The lowest BCUT2D eigenvalue weighted by Gasteiger charge is -2.20. The molecule has 5 nitrogen and oxygen atoms in total. The van der Waals surface area contributed by atoms with Crippen LogP contribution in [0.4, 0.5) is 0 Å². The Morgan fingerprint density at radius 1 is 0.842 bits per heavy atom. The number of ketones is 1. The number of nitrogens with zero attached hydrogens (tertiary/aromatic N) is 2. The minimum absolute atomic E-state index is 0.185. The maximum atomic E-state index is 11.5. The Morgan fingerprint density at radius 2 is 1.32 bits per heavy atom. The maximum Gasteiger partial charge on any atom is 0.278 e. The van der Waals surface area contributed by atoms with Crippen LogP contribution in [0.5, 0.6) is 0 Å². The molecule has 0 aromatic heterocycles. The minimum Gasteiger partial charge on any atom is -0.455 e. The molecular formula is C12H24N2O3Si2. The Bertz CT molecular complexity index is 406. The topological polar surface area (TPSA) is 60.2 Å². The zero-order valence-corrected chi connectivity index (χ0v) is 14.7.